The summed E-state index contributed by atoms with van der Waals surface area (Å²) in [5, 5.41) is 5.68. The number of carbonyl (C=O) groups excluding carboxylic acids is 1. The summed E-state index contributed by atoms with van der Waals surface area (Å²) in [5.74, 6) is 0.482. The number of anilines is 2. The summed E-state index contributed by atoms with van der Waals surface area (Å²) in [5.41, 5.74) is 0.686. The molecule has 0 atom stereocenters. The van der Waals surface area contributed by atoms with E-state index in [4.69, 9.17) is 4.42 Å². The minimum absolute atomic E-state index is 0.200. The molecule has 7 heteroatoms. The number of halogens is 1. The maximum absolute atomic E-state index is 12.9. The van der Waals surface area contributed by atoms with E-state index in [1.165, 1.54) is 36.7 Å². The summed E-state index contributed by atoms with van der Waals surface area (Å²) in [4.78, 5) is 20.1. The third-order valence-corrected chi connectivity index (χ3v) is 3.03. The number of nitrogens with zero attached hydrogens (tertiary/aromatic N) is 2. The standard InChI is InChI=1S/C16H13FN4O2/c17-11-3-5-12(6-4-11)21-16(22)14-8-15(20-10-19-14)18-9-13-2-1-7-23-13/h1-8,10H,9H2,(H,21,22)(H,18,19,20). The fourth-order valence-electron chi connectivity index (χ4n) is 1.90. The highest BCUT2D eigenvalue weighted by Crippen LogP contribution is 2.12. The van der Waals surface area contributed by atoms with Gasteiger partial charge in [-0.15, -0.1) is 0 Å². The van der Waals surface area contributed by atoms with Crippen LogP contribution < -0.4 is 10.6 Å². The van der Waals surface area contributed by atoms with E-state index in [9.17, 15) is 9.18 Å². The van der Waals surface area contributed by atoms with Gasteiger partial charge in [-0.05, 0) is 36.4 Å². The Morgan fingerprint density at radius 2 is 2.00 bits per heavy atom. The number of carbonyl (C=O) groups is 1. The normalized spacial score (nSPS) is 10.3. The molecule has 3 aromatic rings. The fourth-order valence-corrected chi connectivity index (χ4v) is 1.90. The third kappa shape index (κ3) is 3.91. The van der Waals surface area contributed by atoms with Crippen LogP contribution in [0.1, 0.15) is 16.2 Å². The molecule has 23 heavy (non-hydrogen) atoms. The molecule has 0 saturated carbocycles. The molecule has 6 nitrogen and oxygen atoms in total. The van der Waals surface area contributed by atoms with Gasteiger partial charge in [0.1, 0.15) is 29.4 Å². The summed E-state index contributed by atoms with van der Waals surface area (Å²) >= 11 is 0. The highest BCUT2D eigenvalue weighted by atomic mass is 19.1. The Labute approximate surface area is 131 Å². The van der Waals surface area contributed by atoms with Crippen molar-refractivity contribution in [2.75, 3.05) is 10.6 Å². The second-order valence-corrected chi connectivity index (χ2v) is 4.68. The number of furan rings is 1. The molecule has 0 aliphatic heterocycles. The van der Waals surface area contributed by atoms with Gasteiger partial charge in [0.25, 0.3) is 5.91 Å². The highest BCUT2D eigenvalue weighted by Gasteiger charge is 2.09. The predicted octanol–water partition coefficient (Wildman–Crippen LogP) is 3.07. The SMILES string of the molecule is O=C(Nc1ccc(F)cc1)c1cc(NCc2ccco2)ncn1. The van der Waals surface area contributed by atoms with E-state index in [2.05, 4.69) is 20.6 Å². The molecule has 3 rings (SSSR count). The third-order valence-electron chi connectivity index (χ3n) is 3.03. The van der Waals surface area contributed by atoms with Gasteiger partial charge in [-0.2, -0.15) is 0 Å². The number of hydrogen-bond acceptors (Lipinski definition) is 5. The summed E-state index contributed by atoms with van der Waals surface area (Å²) in [6, 6.07) is 10.6. The molecule has 0 radical (unpaired) electrons. The number of amides is 1. The van der Waals surface area contributed by atoms with Gasteiger partial charge in [0.2, 0.25) is 0 Å². The first-order chi connectivity index (χ1) is 11.2. The lowest BCUT2D eigenvalue weighted by Gasteiger charge is -2.07. The van der Waals surface area contributed by atoms with Crippen LogP contribution in [0.5, 0.6) is 0 Å². The van der Waals surface area contributed by atoms with Crippen LogP contribution in [0.2, 0.25) is 0 Å². The smallest absolute Gasteiger partial charge is 0.274 e. The van der Waals surface area contributed by atoms with Crippen LogP contribution in [0.15, 0.2) is 59.5 Å². The van der Waals surface area contributed by atoms with Crippen molar-refractivity contribution in [3.05, 3.63) is 72.3 Å². The van der Waals surface area contributed by atoms with Crippen molar-refractivity contribution in [2.45, 2.75) is 6.54 Å². The minimum atomic E-state index is -0.403. The van der Waals surface area contributed by atoms with Crippen LogP contribution in [0.3, 0.4) is 0 Å². The van der Waals surface area contributed by atoms with Crippen molar-refractivity contribution in [3.8, 4) is 0 Å². The van der Waals surface area contributed by atoms with Gasteiger partial charge in [0.15, 0.2) is 0 Å². The van der Waals surface area contributed by atoms with Crippen molar-refractivity contribution in [2.24, 2.45) is 0 Å². The predicted molar refractivity (Wildman–Crippen MR) is 82.4 cm³/mol. The van der Waals surface area contributed by atoms with Crippen molar-refractivity contribution in [1.29, 1.82) is 0 Å². The van der Waals surface area contributed by atoms with Crippen LogP contribution in [-0.4, -0.2) is 15.9 Å². The second kappa shape index (κ2) is 6.69. The Morgan fingerprint density at radius 3 is 2.74 bits per heavy atom. The number of aromatic nitrogens is 2. The van der Waals surface area contributed by atoms with Gasteiger partial charge in [0, 0.05) is 11.8 Å². The summed E-state index contributed by atoms with van der Waals surface area (Å²) < 4.78 is 18.1. The van der Waals surface area contributed by atoms with Crippen molar-refractivity contribution < 1.29 is 13.6 Å². The summed E-state index contributed by atoms with van der Waals surface area (Å²) in [6.07, 6.45) is 2.88. The van der Waals surface area contributed by atoms with Crippen LogP contribution >= 0.6 is 0 Å². The van der Waals surface area contributed by atoms with Crippen molar-refractivity contribution in [1.82, 2.24) is 9.97 Å². The molecule has 2 heterocycles. The minimum Gasteiger partial charge on any atom is -0.467 e. The number of nitrogens with one attached hydrogen (secondary N) is 2. The summed E-state index contributed by atoms with van der Waals surface area (Å²) in [6.45, 7) is 0.447. The Hall–Kier alpha value is -3.22. The Morgan fingerprint density at radius 1 is 1.17 bits per heavy atom. The zero-order valence-corrected chi connectivity index (χ0v) is 12.0. The second-order valence-electron chi connectivity index (χ2n) is 4.68. The van der Waals surface area contributed by atoms with Crippen molar-refractivity contribution in [3.63, 3.8) is 0 Å². The van der Waals surface area contributed by atoms with Crippen molar-refractivity contribution >= 4 is 17.4 Å². The molecule has 2 N–H and O–H groups in total. The molecule has 0 aliphatic rings. The fraction of sp³-hybridized carbons (Fsp3) is 0.0625. The quantitative estimate of drug-likeness (QED) is 0.757. The monoisotopic (exact) mass is 312 g/mol. The first-order valence-corrected chi connectivity index (χ1v) is 6.86. The molecule has 0 saturated heterocycles. The van der Waals surface area contributed by atoms with E-state index in [1.54, 1.807) is 12.3 Å². The first-order valence-electron chi connectivity index (χ1n) is 6.86. The lowest BCUT2D eigenvalue weighted by Crippen LogP contribution is -2.14. The zero-order chi connectivity index (χ0) is 16.1. The van der Waals surface area contributed by atoms with Crippen LogP contribution in [0.4, 0.5) is 15.9 Å². The van der Waals surface area contributed by atoms with Gasteiger partial charge in [-0.1, -0.05) is 0 Å². The van der Waals surface area contributed by atoms with Gasteiger partial charge in [-0.3, -0.25) is 4.79 Å². The zero-order valence-electron chi connectivity index (χ0n) is 12.0. The molecule has 1 aromatic carbocycles. The first kappa shape index (κ1) is 14.7. The number of hydrogen-bond donors (Lipinski definition) is 2. The average molecular weight is 312 g/mol. The van der Waals surface area contributed by atoms with Crippen LogP contribution in [-0.2, 0) is 6.54 Å². The number of benzene rings is 1. The molecule has 0 spiro atoms. The van der Waals surface area contributed by atoms with E-state index in [0.29, 0.717) is 18.1 Å². The summed E-state index contributed by atoms with van der Waals surface area (Å²) in [7, 11) is 0. The maximum atomic E-state index is 12.9. The molecule has 0 bridgehead atoms. The topological polar surface area (TPSA) is 80.0 Å². The lowest BCUT2D eigenvalue weighted by molar-refractivity contribution is 0.102. The molecule has 0 aliphatic carbocycles. The van der Waals surface area contributed by atoms with Gasteiger partial charge < -0.3 is 15.1 Å². The molecule has 0 fully saturated rings. The molecular weight excluding hydrogens is 299 g/mol. The molecule has 1 amide bonds. The van der Waals surface area contributed by atoms with Gasteiger partial charge in [-0.25, -0.2) is 14.4 Å². The van der Waals surface area contributed by atoms with Gasteiger partial charge >= 0.3 is 0 Å². The highest BCUT2D eigenvalue weighted by molar-refractivity contribution is 6.03. The Kier molecular flexibility index (Phi) is 4.28. The molecule has 0 unspecified atom stereocenters. The van der Waals surface area contributed by atoms with E-state index < -0.39 is 5.91 Å². The van der Waals surface area contributed by atoms with E-state index >= 15 is 0 Å². The van der Waals surface area contributed by atoms with Crippen LogP contribution in [0.25, 0.3) is 0 Å². The maximum Gasteiger partial charge on any atom is 0.274 e. The van der Waals surface area contributed by atoms with E-state index in [0.717, 1.165) is 5.76 Å². The average Bonchev–Trinajstić information content (AvgIpc) is 3.09. The van der Waals surface area contributed by atoms with Crippen LogP contribution in [0, 0.1) is 5.82 Å². The Bertz CT molecular complexity index is 788. The molecular formula is C16H13FN4O2. The molecule has 2 aromatic heterocycles. The number of rotatable bonds is 5. The molecule has 116 valence electrons. The Balaban J connectivity index is 1.66. The van der Waals surface area contributed by atoms with E-state index in [1.807, 2.05) is 6.07 Å². The lowest BCUT2D eigenvalue weighted by atomic mass is 10.3. The van der Waals surface area contributed by atoms with Gasteiger partial charge in [0.05, 0.1) is 12.8 Å². The largest absolute Gasteiger partial charge is 0.467 e. The van der Waals surface area contributed by atoms with E-state index in [-0.39, 0.29) is 11.5 Å².